The monoisotopic (exact) mass is 305 g/mol. The molecule has 0 spiro atoms. The molecule has 0 aromatic carbocycles. The molecule has 3 rings (SSSR count). The maximum Gasteiger partial charge on any atom is 0.0926 e. The molecule has 4 heteroatoms. The molecule has 2 fully saturated rings. The van der Waals surface area contributed by atoms with Gasteiger partial charge in [0.2, 0.25) is 0 Å². The van der Waals surface area contributed by atoms with Crippen LogP contribution in [-0.2, 0) is 4.74 Å². The van der Waals surface area contributed by atoms with Gasteiger partial charge in [-0.15, -0.1) is 0 Å². The van der Waals surface area contributed by atoms with Gasteiger partial charge in [0.1, 0.15) is 0 Å². The second kappa shape index (κ2) is 6.17. The SMILES string of the molecule is CC(C)c1ccc(N2CCO[C@H](C(C)(C)NC3CC3)C2)cn1.[HH]. The standard InChI is InChI=1S/C18H29N3O.H2/c1-13(2)16-8-7-15(11-19-16)21-9-10-22-17(12-21)18(3,4)20-14-5-6-14;/h7-8,11,13-14,17,20H,5-6,9-10,12H2,1-4H3;1H/t17-;/m0./s1. The molecule has 1 saturated heterocycles. The normalized spacial score (nSPS) is 23.1. The Morgan fingerprint density at radius 2 is 2.14 bits per heavy atom. The van der Waals surface area contributed by atoms with Crippen LogP contribution >= 0.6 is 0 Å². The van der Waals surface area contributed by atoms with Crippen LogP contribution in [0.25, 0.3) is 0 Å². The van der Waals surface area contributed by atoms with Crippen molar-refractivity contribution in [3.63, 3.8) is 0 Å². The highest BCUT2D eigenvalue weighted by Gasteiger charge is 2.38. The Morgan fingerprint density at radius 3 is 2.73 bits per heavy atom. The highest BCUT2D eigenvalue weighted by molar-refractivity contribution is 5.45. The van der Waals surface area contributed by atoms with Gasteiger partial charge in [-0.3, -0.25) is 4.98 Å². The van der Waals surface area contributed by atoms with E-state index in [0.717, 1.165) is 25.4 Å². The Labute approximate surface area is 135 Å². The van der Waals surface area contributed by atoms with Crippen LogP contribution < -0.4 is 10.2 Å². The number of rotatable bonds is 5. The molecule has 0 radical (unpaired) electrons. The molecule has 1 N–H and O–H groups in total. The largest absolute Gasteiger partial charge is 0.373 e. The first kappa shape index (κ1) is 15.8. The van der Waals surface area contributed by atoms with Gasteiger partial charge in [0.15, 0.2) is 0 Å². The van der Waals surface area contributed by atoms with E-state index in [1.54, 1.807) is 0 Å². The van der Waals surface area contributed by atoms with Crippen LogP contribution in [-0.4, -0.2) is 42.4 Å². The average molecular weight is 305 g/mol. The minimum atomic E-state index is 0. The Hall–Kier alpha value is -1.13. The summed E-state index contributed by atoms with van der Waals surface area (Å²) in [4.78, 5) is 7.01. The van der Waals surface area contributed by atoms with Crippen molar-refractivity contribution in [2.45, 2.75) is 64.1 Å². The molecule has 0 amide bonds. The number of aromatic nitrogens is 1. The molecule has 124 valence electrons. The van der Waals surface area contributed by atoms with E-state index in [1.165, 1.54) is 18.5 Å². The summed E-state index contributed by atoms with van der Waals surface area (Å²) in [6, 6.07) is 5.05. The summed E-state index contributed by atoms with van der Waals surface area (Å²) in [5, 5.41) is 3.73. The quantitative estimate of drug-likeness (QED) is 0.906. The lowest BCUT2D eigenvalue weighted by atomic mass is 9.95. The molecule has 1 atom stereocenters. The third-order valence-corrected chi connectivity index (χ3v) is 4.75. The highest BCUT2D eigenvalue weighted by atomic mass is 16.5. The lowest BCUT2D eigenvalue weighted by molar-refractivity contribution is -0.0134. The van der Waals surface area contributed by atoms with Crippen molar-refractivity contribution in [1.29, 1.82) is 0 Å². The maximum absolute atomic E-state index is 6.06. The first-order valence-electron chi connectivity index (χ1n) is 8.56. The van der Waals surface area contributed by atoms with Gasteiger partial charge in [-0.1, -0.05) is 13.8 Å². The molecular formula is C18H31N3O. The summed E-state index contributed by atoms with van der Waals surface area (Å²) in [5.41, 5.74) is 2.38. The fourth-order valence-corrected chi connectivity index (χ4v) is 3.09. The number of ether oxygens (including phenoxy) is 1. The van der Waals surface area contributed by atoms with E-state index in [-0.39, 0.29) is 13.1 Å². The van der Waals surface area contributed by atoms with Crippen molar-refractivity contribution in [2.75, 3.05) is 24.6 Å². The molecule has 4 nitrogen and oxygen atoms in total. The molecule has 1 aromatic heterocycles. The predicted octanol–water partition coefficient (Wildman–Crippen LogP) is 3.19. The molecular weight excluding hydrogens is 274 g/mol. The second-order valence-electron chi connectivity index (χ2n) is 7.54. The van der Waals surface area contributed by atoms with E-state index in [0.29, 0.717) is 12.0 Å². The van der Waals surface area contributed by atoms with E-state index in [4.69, 9.17) is 4.74 Å². The fraction of sp³-hybridized carbons (Fsp3) is 0.722. The second-order valence-corrected chi connectivity index (χ2v) is 7.54. The van der Waals surface area contributed by atoms with Crippen LogP contribution in [0.15, 0.2) is 18.3 Å². The van der Waals surface area contributed by atoms with Crippen molar-refractivity contribution in [3.8, 4) is 0 Å². The summed E-state index contributed by atoms with van der Waals surface area (Å²) in [5.74, 6) is 0.480. The number of hydrogen-bond acceptors (Lipinski definition) is 4. The van der Waals surface area contributed by atoms with Gasteiger partial charge in [0, 0.05) is 31.8 Å². The molecule has 2 aliphatic rings. The van der Waals surface area contributed by atoms with Crippen LogP contribution in [0.4, 0.5) is 5.69 Å². The molecule has 2 heterocycles. The molecule has 22 heavy (non-hydrogen) atoms. The van der Waals surface area contributed by atoms with Crippen molar-refractivity contribution in [2.24, 2.45) is 0 Å². The summed E-state index contributed by atoms with van der Waals surface area (Å²) in [6.45, 7) is 11.5. The third kappa shape index (κ3) is 3.61. The van der Waals surface area contributed by atoms with Crippen LogP contribution in [0.1, 0.15) is 53.6 Å². The van der Waals surface area contributed by atoms with E-state index in [1.807, 2.05) is 6.20 Å². The van der Waals surface area contributed by atoms with E-state index in [9.17, 15) is 0 Å². The minimum absolute atomic E-state index is 0. The van der Waals surface area contributed by atoms with Crippen molar-refractivity contribution >= 4 is 5.69 Å². The number of anilines is 1. The zero-order valence-corrected chi connectivity index (χ0v) is 14.3. The lowest BCUT2D eigenvalue weighted by Crippen LogP contribution is -2.58. The van der Waals surface area contributed by atoms with Gasteiger partial charge in [0.05, 0.1) is 24.6 Å². The minimum Gasteiger partial charge on any atom is -0.373 e. The van der Waals surface area contributed by atoms with Gasteiger partial charge in [0.25, 0.3) is 0 Å². The number of nitrogens with one attached hydrogen (secondary N) is 1. The topological polar surface area (TPSA) is 37.4 Å². The van der Waals surface area contributed by atoms with Crippen molar-refractivity contribution in [1.82, 2.24) is 10.3 Å². The zero-order chi connectivity index (χ0) is 15.7. The van der Waals surface area contributed by atoms with Gasteiger partial charge in [-0.2, -0.15) is 0 Å². The van der Waals surface area contributed by atoms with Crippen LogP contribution in [0.2, 0.25) is 0 Å². The van der Waals surface area contributed by atoms with Crippen LogP contribution in [0, 0.1) is 0 Å². The van der Waals surface area contributed by atoms with E-state index < -0.39 is 0 Å². The molecule has 0 unspecified atom stereocenters. The third-order valence-electron chi connectivity index (χ3n) is 4.75. The van der Waals surface area contributed by atoms with Gasteiger partial charge >= 0.3 is 0 Å². The Kier molecular flexibility index (Phi) is 4.42. The molecule has 0 bridgehead atoms. The molecule has 1 saturated carbocycles. The van der Waals surface area contributed by atoms with Gasteiger partial charge in [-0.05, 0) is 44.7 Å². The van der Waals surface area contributed by atoms with Gasteiger partial charge in [-0.25, -0.2) is 0 Å². The Morgan fingerprint density at radius 1 is 1.36 bits per heavy atom. The summed E-state index contributed by atoms with van der Waals surface area (Å²) in [6.07, 6.45) is 4.84. The summed E-state index contributed by atoms with van der Waals surface area (Å²) < 4.78 is 6.06. The first-order valence-corrected chi connectivity index (χ1v) is 8.56. The van der Waals surface area contributed by atoms with Gasteiger partial charge < -0.3 is 15.0 Å². The molecule has 1 aromatic rings. The summed E-state index contributed by atoms with van der Waals surface area (Å²) >= 11 is 0. The molecule has 1 aliphatic carbocycles. The van der Waals surface area contributed by atoms with Crippen molar-refractivity contribution in [3.05, 3.63) is 24.0 Å². The number of nitrogens with zero attached hydrogens (tertiary/aromatic N) is 2. The van der Waals surface area contributed by atoms with Crippen LogP contribution in [0.3, 0.4) is 0 Å². The smallest absolute Gasteiger partial charge is 0.0926 e. The highest BCUT2D eigenvalue weighted by Crippen LogP contribution is 2.28. The predicted molar refractivity (Wildman–Crippen MR) is 92.6 cm³/mol. The molecule has 1 aliphatic heterocycles. The van der Waals surface area contributed by atoms with Crippen LogP contribution in [0.5, 0.6) is 0 Å². The Bertz CT molecular complexity index is 499. The van der Waals surface area contributed by atoms with E-state index >= 15 is 0 Å². The summed E-state index contributed by atoms with van der Waals surface area (Å²) in [7, 11) is 0. The zero-order valence-electron chi connectivity index (χ0n) is 14.3. The number of hydrogen-bond donors (Lipinski definition) is 1. The van der Waals surface area contributed by atoms with Crippen molar-refractivity contribution < 1.29 is 6.16 Å². The Balaban J connectivity index is 0.00000192. The number of morpholine rings is 1. The first-order chi connectivity index (χ1) is 10.5. The average Bonchev–Trinajstić information content (AvgIpc) is 3.31. The van der Waals surface area contributed by atoms with E-state index in [2.05, 4.69) is 55.0 Å². The lowest BCUT2D eigenvalue weighted by Gasteiger charge is -2.42. The number of pyridine rings is 1. The maximum atomic E-state index is 6.06. The fourth-order valence-electron chi connectivity index (χ4n) is 3.09.